The van der Waals surface area contributed by atoms with Gasteiger partial charge in [0.2, 0.25) is 0 Å². The average molecular weight is 218 g/mol. The van der Waals surface area contributed by atoms with Crippen LogP contribution in [0.4, 0.5) is 0 Å². The van der Waals surface area contributed by atoms with Crippen LogP contribution in [0.5, 0.6) is 0 Å². The molecule has 16 heavy (non-hydrogen) atoms. The minimum absolute atomic E-state index is 0.532. The molecule has 0 unspecified atom stereocenters. The zero-order valence-corrected chi connectivity index (χ0v) is 9.90. The van der Waals surface area contributed by atoms with E-state index >= 15 is 0 Å². The van der Waals surface area contributed by atoms with Crippen LogP contribution in [-0.4, -0.2) is 19.9 Å². The van der Waals surface area contributed by atoms with E-state index in [9.17, 15) is 0 Å². The van der Waals surface area contributed by atoms with Crippen LogP contribution in [0.1, 0.15) is 51.3 Å². The highest BCUT2D eigenvalue weighted by atomic mass is 15.0. The van der Waals surface area contributed by atoms with Crippen molar-refractivity contribution in [3.05, 3.63) is 18.3 Å². The van der Waals surface area contributed by atoms with Crippen molar-refractivity contribution >= 4 is 11.2 Å². The second kappa shape index (κ2) is 5.05. The number of nitrogens with zero attached hydrogens (tertiary/aromatic N) is 3. The molecule has 2 heterocycles. The summed E-state index contributed by atoms with van der Waals surface area (Å²) in [5.41, 5.74) is 1.72. The Kier molecular flexibility index (Phi) is 3.49. The molecule has 0 aliphatic rings. The summed E-state index contributed by atoms with van der Waals surface area (Å²) in [6.45, 7) is 4.43. The molecule has 0 aliphatic heterocycles. The van der Waals surface area contributed by atoms with E-state index in [4.69, 9.17) is 0 Å². The van der Waals surface area contributed by atoms with Gasteiger partial charge in [-0.3, -0.25) is 0 Å². The molecule has 0 atom stereocenters. The van der Waals surface area contributed by atoms with E-state index in [0.29, 0.717) is 5.92 Å². The van der Waals surface area contributed by atoms with Gasteiger partial charge in [-0.1, -0.05) is 26.7 Å². The maximum Gasteiger partial charge on any atom is 0.180 e. The highest BCUT2D eigenvalue weighted by Gasteiger charge is 2.14. The number of aromatic nitrogens is 4. The van der Waals surface area contributed by atoms with Gasteiger partial charge in [0.05, 0.1) is 6.20 Å². The molecule has 0 aromatic carbocycles. The van der Waals surface area contributed by atoms with Gasteiger partial charge in [-0.2, -0.15) is 0 Å². The first kappa shape index (κ1) is 11.0. The molecule has 0 saturated heterocycles. The molecule has 0 amide bonds. The zero-order valence-electron chi connectivity index (χ0n) is 9.90. The third-order valence-corrected chi connectivity index (χ3v) is 2.84. The molecule has 0 radical (unpaired) electrons. The van der Waals surface area contributed by atoms with Crippen LogP contribution >= 0.6 is 0 Å². The molecular formula is C12H18N4. The van der Waals surface area contributed by atoms with Crippen molar-refractivity contribution in [1.82, 2.24) is 19.9 Å². The molecule has 1 N–H and O–H groups in total. The number of rotatable bonds is 5. The molecule has 4 heteroatoms. The van der Waals surface area contributed by atoms with Crippen LogP contribution in [0.15, 0.2) is 12.5 Å². The van der Waals surface area contributed by atoms with Gasteiger partial charge in [0.25, 0.3) is 0 Å². The van der Waals surface area contributed by atoms with E-state index in [0.717, 1.165) is 17.0 Å². The summed E-state index contributed by atoms with van der Waals surface area (Å²) in [6.07, 6.45) is 8.07. The van der Waals surface area contributed by atoms with Gasteiger partial charge in [0.1, 0.15) is 17.7 Å². The van der Waals surface area contributed by atoms with Crippen molar-refractivity contribution in [2.45, 2.75) is 45.4 Å². The minimum Gasteiger partial charge on any atom is -0.339 e. The number of fused-ring (bicyclic) bond motifs is 1. The van der Waals surface area contributed by atoms with E-state index in [1.165, 1.54) is 25.7 Å². The van der Waals surface area contributed by atoms with E-state index in [2.05, 4.69) is 33.8 Å². The summed E-state index contributed by atoms with van der Waals surface area (Å²) < 4.78 is 0. The number of hydrogen-bond donors (Lipinski definition) is 1. The van der Waals surface area contributed by atoms with E-state index in [1.807, 2.05) is 0 Å². The van der Waals surface area contributed by atoms with Gasteiger partial charge in [-0.05, 0) is 12.8 Å². The Morgan fingerprint density at radius 1 is 1.25 bits per heavy atom. The second-order valence-electron chi connectivity index (χ2n) is 4.16. The fraction of sp³-hybridized carbons (Fsp3) is 0.583. The van der Waals surface area contributed by atoms with Gasteiger partial charge in [-0.25, -0.2) is 15.0 Å². The highest BCUT2D eigenvalue weighted by Crippen LogP contribution is 2.25. The van der Waals surface area contributed by atoms with Gasteiger partial charge >= 0.3 is 0 Å². The highest BCUT2D eigenvalue weighted by molar-refractivity contribution is 5.68. The maximum absolute atomic E-state index is 4.54. The van der Waals surface area contributed by atoms with Gasteiger partial charge < -0.3 is 4.98 Å². The number of nitrogens with one attached hydrogen (secondary N) is 1. The maximum atomic E-state index is 4.54. The monoisotopic (exact) mass is 218 g/mol. The molecule has 0 bridgehead atoms. The van der Waals surface area contributed by atoms with Crippen molar-refractivity contribution in [2.24, 2.45) is 0 Å². The molecule has 0 fully saturated rings. The van der Waals surface area contributed by atoms with Crippen molar-refractivity contribution in [1.29, 1.82) is 0 Å². The smallest absolute Gasteiger partial charge is 0.180 e. The Morgan fingerprint density at radius 3 is 2.62 bits per heavy atom. The molecule has 2 aromatic heterocycles. The summed E-state index contributed by atoms with van der Waals surface area (Å²) in [7, 11) is 0. The summed E-state index contributed by atoms with van der Waals surface area (Å²) in [6, 6.07) is 0. The normalized spacial score (nSPS) is 11.4. The molecule has 0 aliphatic carbocycles. The Labute approximate surface area is 95.5 Å². The van der Waals surface area contributed by atoms with Crippen LogP contribution < -0.4 is 0 Å². The Hall–Kier alpha value is -1.45. The second-order valence-corrected chi connectivity index (χ2v) is 4.16. The standard InChI is InChI=1S/C12H18N4/c1-3-5-9(6-4-2)11-15-10-7-13-8-14-12(10)16-11/h7-9H,3-6H2,1-2H3,(H,13,14,15,16). The molecule has 86 valence electrons. The lowest BCUT2D eigenvalue weighted by Gasteiger charge is -2.11. The van der Waals surface area contributed by atoms with Crippen molar-refractivity contribution in [3.63, 3.8) is 0 Å². The third kappa shape index (κ3) is 2.21. The van der Waals surface area contributed by atoms with Crippen LogP contribution in [0.3, 0.4) is 0 Å². The number of aromatic amines is 1. The number of H-pyrrole nitrogens is 1. The fourth-order valence-electron chi connectivity index (χ4n) is 2.09. The van der Waals surface area contributed by atoms with Crippen LogP contribution in [0.25, 0.3) is 11.2 Å². The molecule has 2 aromatic rings. The first-order valence-corrected chi connectivity index (χ1v) is 6.00. The third-order valence-electron chi connectivity index (χ3n) is 2.84. The van der Waals surface area contributed by atoms with E-state index < -0.39 is 0 Å². The fourth-order valence-corrected chi connectivity index (χ4v) is 2.09. The summed E-state index contributed by atoms with van der Waals surface area (Å²) in [5.74, 6) is 1.60. The average Bonchev–Trinajstić information content (AvgIpc) is 2.72. The van der Waals surface area contributed by atoms with Crippen LogP contribution in [-0.2, 0) is 0 Å². The number of imidazole rings is 1. The van der Waals surface area contributed by atoms with Crippen molar-refractivity contribution in [3.8, 4) is 0 Å². The van der Waals surface area contributed by atoms with Crippen molar-refractivity contribution in [2.75, 3.05) is 0 Å². The molecular weight excluding hydrogens is 200 g/mol. The summed E-state index contributed by atoms with van der Waals surface area (Å²) in [5, 5.41) is 0. The van der Waals surface area contributed by atoms with Crippen LogP contribution in [0.2, 0.25) is 0 Å². The first-order chi connectivity index (χ1) is 7.85. The Bertz CT molecular complexity index is 410. The summed E-state index contributed by atoms with van der Waals surface area (Å²) in [4.78, 5) is 16.0. The van der Waals surface area contributed by atoms with E-state index in [1.54, 1.807) is 12.5 Å². The van der Waals surface area contributed by atoms with Crippen LogP contribution in [0, 0.1) is 0 Å². The lowest BCUT2D eigenvalue weighted by molar-refractivity contribution is 0.539. The van der Waals surface area contributed by atoms with Gasteiger partial charge in [0, 0.05) is 5.92 Å². The predicted octanol–water partition coefficient (Wildman–Crippen LogP) is 3.04. The zero-order chi connectivity index (χ0) is 11.4. The Morgan fingerprint density at radius 2 is 2.00 bits per heavy atom. The van der Waals surface area contributed by atoms with Gasteiger partial charge in [-0.15, -0.1) is 0 Å². The summed E-state index contributed by atoms with van der Waals surface area (Å²) >= 11 is 0. The molecule has 2 rings (SSSR count). The first-order valence-electron chi connectivity index (χ1n) is 6.00. The van der Waals surface area contributed by atoms with Gasteiger partial charge in [0.15, 0.2) is 5.65 Å². The quantitative estimate of drug-likeness (QED) is 0.839. The van der Waals surface area contributed by atoms with Crippen molar-refractivity contribution < 1.29 is 0 Å². The number of hydrogen-bond acceptors (Lipinski definition) is 3. The van der Waals surface area contributed by atoms with E-state index in [-0.39, 0.29) is 0 Å². The largest absolute Gasteiger partial charge is 0.339 e. The molecule has 4 nitrogen and oxygen atoms in total. The molecule has 0 spiro atoms. The Balaban J connectivity index is 2.29. The lowest BCUT2D eigenvalue weighted by Crippen LogP contribution is -2.00. The molecule has 0 saturated carbocycles. The minimum atomic E-state index is 0.532. The SMILES string of the molecule is CCCC(CCC)c1nc2ncncc2[nH]1. The lowest BCUT2D eigenvalue weighted by atomic mass is 9.98. The topological polar surface area (TPSA) is 54.5 Å². The predicted molar refractivity (Wildman–Crippen MR) is 64.2 cm³/mol.